The first-order valence-corrected chi connectivity index (χ1v) is 9.07. The molecule has 7 nitrogen and oxygen atoms in total. The summed E-state index contributed by atoms with van der Waals surface area (Å²) in [5, 5.41) is 2.98. The van der Waals surface area contributed by atoms with Gasteiger partial charge in [-0.2, -0.15) is 0 Å². The molecule has 0 aliphatic carbocycles. The molecule has 7 heteroatoms. The van der Waals surface area contributed by atoms with E-state index in [1.165, 1.54) is 10.8 Å². The van der Waals surface area contributed by atoms with Gasteiger partial charge in [-0.05, 0) is 43.3 Å². The number of nitrogens with zero attached hydrogens (tertiary/aromatic N) is 3. The molecule has 144 valence electrons. The van der Waals surface area contributed by atoms with Gasteiger partial charge in [0.15, 0.2) is 5.65 Å². The van der Waals surface area contributed by atoms with Crippen LogP contribution in [0.3, 0.4) is 0 Å². The zero-order valence-electron chi connectivity index (χ0n) is 15.7. The lowest BCUT2D eigenvalue weighted by atomic mass is 10.2. The van der Waals surface area contributed by atoms with Gasteiger partial charge in [0.1, 0.15) is 6.54 Å². The Bertz CT molecular complexity index is 1310. The van der Waals surface area contributed by atoms with Crippen LogP contribution in [0.4, 0.5) is 5.69 Å². The van der Waals surface area contributed by atoms with E-state index in [-0.39, 0.29) is 11.0 Å². The van der Waals surface area contributed by atoms with Crippen molar-refractivity contribution in [2.24, 2.45) is 0 Å². The van der Waals surface area contributed by atoms with Crippen LogP contribution < -0.4 is 16.6 Å². The van der Waals surface area contributed by atoms with Crippen LogP contribution in [0.5, 0.6) is 0 Å². The number of rotatable bonds is 4. The third-order valence-corrected chi connectivity index (χ3v) is 4.55. The number of fused-ring (bicyclic) bond motifs is 1. The SMILES string of the molecule is Cc1ccc(NC(=O)Cn2c(=O)c3cccnc3n(-c3ccccc3)c2=O)cc1. The molecule has 1 amide bonds. The molecule has 0 spiro atoms. The van der Waals surface area contributed by atoms with E-state index in [1.54, 1.807) is 48.5 Å². The molecule has 0 radical (unpaired) electrons. The van der Waals surface area contributed by atoms with Gasteiger partial charge in [0.25, 0.3) is 5.56 Å². The molecule has 1 N–H and O–H groups in total. The molecule has 0 saturated carbocycles. The predicted octanol–water partition coefficient (Wildman–Crippen LogP) is 2.49. The summed E-state index contributed by atoms with van der Waals surface area (Å²) in [6.07, 6.45) is 1.52. The van der Waals surface area contributed by atoms with Crippen LogP contribution in [0.25, 0.3) is 16.7 Å². The fraction of sp³-hybridized carbons (Fsp3) is 0.0909. The third-order valence-electron chi connectivity index (χ3n) is 4.55. The van der Waals surface area contributed by atoms with Crippen molar-refractivity contribution in [3.8, 4) is 5.69 Å². The van der Waals surface area contributed by atoms with Gasteiger partial charge in [-0.15, -0.1) is 0 Å². The summed E-state index contributed by atoms with van der Waals surface area (Å²) in [5.74, 6) is -0.462. The average molecular weight is 386 g/mol. The van der Waals surface area contributed by atoms with Crippen molar-refractivity contribution in [2.75, 3.05) is 5.32 Å². The van der Waals surface area contributed by atoms with Gasteiger partial charge < -0.3 is 5.32 Å². The Hall–Kier alpha value is -4.00. The van der Waals surface area contributed by atoms with Crippen molar-refractivity contribution >= 4 is 22.6 Å². The van der Waals surface area contributed by atoms with E-state index in [2.05, 4.69) is 10.3 Å². The third kappa shape index (κ3) is 3.58. The molecule has 0 saturated heterocycles. The average Bonchev–Trinajstić information content (AvgIpc) is 2.74. The van der Waals surface area contributed by atoms with E-state index < -0.39 is 23.7 Å². The summed E-state index contributed by atoms with van der Waals surface area (Å²) in [4.78, 5) is 42.8. The smallest absolute Gasteiger partial charge is 0.325 e. The number of pyridine rings is 1. The lowest BCUT2D eigenvalue weighted by molar-refractivity contribution is -0.116. The highest BCUT2D eigenvalue weighted by Gasteiger charge is 2.17. The Morgan fingerprint density at radius 3 is 2.41 bits per heavy atom. The number of carbonyl (C=O) groups is 1. The Kier molecular flexibility index (Phi) is 4.78. The molecule has 0 aliphatic rings. The van der Waals surface area contributed by atoms with Gasteiger partial charge in [0.05, 0.1) is 11.1 Å². The number of carbonyl (C=O) groups excluding carboxylic acids is 1. The summed E-state index contributed by atoms with van der Waals surface area (Å²) in [5.41, 5.74) is 1.31. The van der Waals surface area contributed by atoms with Crippen LogP contribution in [0, 0.1) is 6.92 Å². The molecular weight excluding hydrogens is 368 g/mol. The maximum atomic E-state index is 13.1. The Balaban J connectivity index is 1.80. The minimum absolute atomic E-state index is 0.254. The van der Waals surface area contributed by atoms with E-state index in [0.29, 0.717) is 11.4 Å². The number of amides is 1. The van der Waals surface area contributed by atoms with Gasteiger partial charge in [-0.25, -0.2) is 18.9 Å². The topological polar surface area (TPSA) is 86.0 Å². The highest BCUT2D eigenvalue weighted by Crippen LogP contribution is 2.12. The van der Waals surface area contributed by atoms with Gasteiger partial charge in [0.2, 0.25) is 5.91 Å². The first-order chi connectivity index (χ1) is 14.0. The van der Waals surface area contributed by atoms with Crippen LogP contribution >= 0.6 is 0 Å². The lowest BCUT2D eigenvalue weighted by Crippen LogP contribution is -2.42. The Morgan fingerprint density at radius 1 is 0.966 bits per heavy atom. The van der Waals surface area contributed by atoms with E-state index in [4.69, 9.17) is 0 Å². The molecule has 0 fully saturated rings. The number of benzene rings is 2. The maximum absolute atomic E-state index is 13.1. The van der Waals surface area contributed by atoms with Gasteiger partial charge in [-0.1, -0.05) is 35.9 Å². The number of hydrogen-bond donors (Lipinski definition) is 1. The summed E-state index contributed by atoms with van der Waals surface area (Å²) >= 11 is 0. The summed E-state index contributed by atoms with van der Waals surface area (Å²) < 4.78 is 2.27. The van der Waals surface area contributed by atoms with Gasteiger partial charge in [-0.3, -0.25) is 9.59 Å². The molecule has 29 heavy (non-hydrogen) atoms. The number of hydrogen-bond acceptors (Lipinski definition) is 4. The zero-order valence-corrected chi connectivity index (χ0v) is 15.7. The van der Waals surface area contributed by atoms with Crippen LogP contribution in [0.15, 0.2) is 82.5 Å². The molecule has 0 atom stereocenters. The number of aryl methyl sites for hydroxylation is 1. The minimum atomic E-state index is -0.619. The second kappa shape index (κ2) is 7.55. The van der Waals surface area contributed by atoms with Crippen molar-refractivity contribution < 1.29 is 4.79 Å². The first-order valence-electron chi connectivity index (χ1n) is 9.07. The van der Waals surface area contributed by atoms with Crippen LogP contribution in [0.2, 0.25) is 0 Å². The molecule has 2 aromatic carbocycles. The lowest BCUT2D eigenvalue weighted by Gasteiger charge is -2.13. The number of anilines is 1. The van der Waals surface area contributed by atoms with Crippen molar-refractivity contribution in [3.63, 3.8) is 0 Å². The van der Waals surface area contributed by atoms with Crippen molar-refractivity contribution in [2.45, 2.75) is 13.5 Å². The molecule has 2 aromatic heterocycles. The highest BCUT2D eigenvalue weighted by molar-refractivity contribution is 5.90. The normalized spacial score (nSPS) is 10.8. The van der Waals surface area contributed by atoms with E-state index in [0.717, 1.165) is 10.1 Å². The van der Waals surface area contributed by atoms with Crippen LogP contribution in [-0.4, -0.2) is 20.0 Å². The predicted molar refractivity (Wildman–Crippen MR) is 111 cm³/mol. The molecule has 0 unspecified atom stereocenters. The summed E-state index contributed by atoms with van der Waals surface area (Å²) in [6, 6.07) is 19.4. The van der Waals surface area contributed by atoms with Crippen LogP contribution in [-0.2, 0) is 11.3 Å². The van der Waals surface area contributed by atoms with Crippen molar-refractivity contribution in [1.82, 2.24) is 14.1 Å². The van der Waals surface area contributed by atoms with Crippen molar-refractivity contribution in [1.29, 1.82) is 0 Å². The van der Waals surface area contributed by atoms with Crippen molar-refractivity contribution in [3.05, 3.63) is 99.3 Å². The highest BCUT2D eigenvalue weighted by atomic mass is 16.2. The molecule has 4 aromatic rings. The first kappa shape index (κ1) is 18.4. The second-order valence-corrected chi connectivity index (χ2v) is 6.63. The van der Waals surface area contributed by atoms with E-state index in [1.807, 2.05) is 25.1 Å². The number of para-hydroxylation sites is 1. The van der Waals surface area contributed by atoms with E-state index in [9.17, 15) is 14.4 Å². The second-order valence-electron chi connectivity index (χ2n) is 6.63. The van der Waals surface area contributed by atoms with Gasteiger partial charge in [0, 0.05) is 11.9 Å². The Labute approximate surface area is 165 Å². The molecule has 0 bridgehead atoms. The summed E-state index contributed by atoms with van der Waals surface area (Å²) in [7, 11) is 0. The molecular formula is C22H18N4O3. The Morgan fingerprint density at radius 2 is 1.69 bits per heavy atom. The van der Waals surface area contributed by atoms with Crippen LogP contribution in [0.1, 0.15) is 5.56 Å². The largest absolute Gasteiger partial charge is 0.337 e. The fourth-order valence-electron chi connectivity index (χ4n) is 3.12. The van der Waals surface area contributed by atoms with E-state index >= 15 is 0 Å². The molecule has 2 heterocycles. The summed E-state index contributed by atoms with van der Waals surface area (Å²) in [6.45, 7) is 1.55. The monoisotopic (exact) mass is 386 g/mol. The maximum Gasteiger partial charge on any atom is 0.337 e. The standard InChI is InChI=1S/C22H18N4O3/c1-15-9-11-16(12-10-15)24-19(27)14-25-21(28)18-8-5-13-23-20(18)26(22(25)29)17-6-3-2-4-7-17/h2-13H,14H2,1H3,(H,24,27). The van der Waals surface area contributed by atoms with Gasteiger partial charge >= 0.3 is 5.69 Å². The zero-order chi connectivity index (χ0) is 20.4. The number of aromatic nitrogens is 3. The quantitative estimate of drug-likeness (QED) is 0.584. The molecule has 0 aliphatic heterocycles. The fourth-order valence-corrected chi connectivity index (χ4v) is 3.12. The molecule has 4 rings (SSSR count). The minimum Gasteiger partial charge on any atom is -0.325 e. The number of nitrogens with one attached hydrogen (secondary N) is 1.